The van der Waals surface area contributed by atoms with Crippen LogP contribution in [-0.4, -0.2) is 46.8 Å². The van der Waals surface area contributed by atoms with Crippen LogP contribution in [0.5, 0.6) is 0 Å². The molecule has 1 aliphatic rings. The van der Waals surface area contributed by atoms with E-state index in [-0.39, 0.29) is 22.3 Å². The standard InChI is InChI=1S/C22H25N5O4S/c1-15(2)19(22-25-20(26-31-22)17-8-6-10-23-14-17)24-21(28)16-7-5-9-18(13-16)32(29,30)27-11-3-4-12-27/h5-10,13-15,19H,3-4,11-12H2,1-2H3,(H,24,28)/t19-/m1/s1. The first-order valence-electron chi connectivity index (χ1n) is 10.5. The smallest absolute Gasteiger partial charge is 0.251 e. The van der Waals surface area contributed by atoms with Crippen molar-refractivity contribution < 1.29 is 17.7 Å². The average molecular weight is 456 g/mol. The number of rotatable bonds is 7. The second-order valence-electron chi connectivity index (χ2n) is 8.03. The number of pyridine rings is 1. The van der Waals surface area contributed by atoms with E-state index >= 15 is 0 Å². The first-order valence-corrected chi connectivity index (χ1v) is 12.0. The molecular formula is C22H25N5O4S. The third kappa shape index (κ3) is 4.56. The van der Waals surface area contributed by atoms with Gasteiger partial charge in [0.25, 0.3) is 5.91 Å². The minimum absolute atomic E-state index is 0.0438. The van der Waals surface area contributed by atoms with Gasteiger partial charge in [-0.05, 0) is 49.1 Å². The fraction of sp³-hybridized carbons (Fsp3) is 0.364. The molecule has 1 saturated heterocycles. The van der Waals surface area contributed by atoms with Gasteiger partial charge in [0.1, 0.15) is 6.04 Å². The second-order valence-corrected chi connectivity index (χ2v) is 9.97. The Morgan fingerprint density at radius 2 is 1.94 bits per heavy atom. The molecule has 2 aromatic heterocycles. The molecular weight excluding hydrogens is 430 g/mol. The van der Waals surface area contributed by atoms with Crippen molar-refractivity contribution in [3.63, 3.8) is 0 Å². The lowest BCUT2D eigenvalue weighted by molar-refractivity contribution is 0.0913. The van der Waals surface area contributed by atoms with Gasteiger partial charge in [0.05, 0.1) is 4.90 Å². The van der Waals surface area contributed by atoms with Gasteiger partial charge in [-0.15, -0.1) is 0 Å². The van der Waals surface area contributed by atoms with E-state index in [1.54, 1.807) is 30.6 Å². The summed E-state index contributed by atoms with van der Waals surface area (Å²) in [5.41, 5.74) is 0.957. The van der Waals surface area contributed by atoms with Crippen LogP contribution in [0.4, 0.5) is 0 Å². The van der Waals surface area contributed by atoms with Crippen LogP contribution in [0.15, 0.2) is 58.2 Å². The molecule has 3 heterocycles. The van der Waals surface area contributed by atoms with E-state index in [4.69, 9.17) is 4.52 Å². The normalized spacial score (nSPS) is 15.7. The minimum Gasteiger partial charge on any atom is -0.340 e. The Morgan fingerprint density at radius 3 is 2.62 bits per heavy atom. The van der Waals surface area contributed by atoms with Crippen LogP contribution in [0.3, 0.4) is 0 Å². The highest BCUT2D eigenvalue weighted by molar-refractivity contribution is 7.89. The zero-order valence-electron chi connectivity index (χ0n) is 17.9. The van der Waals surface area contributed by atoms with E-state index < -0.39 is 22.0 Å². The SMILES string of the molecule is CC(C)[C@@H](NC(=O)c1cccc(S(=O)(=O)N2CCCC2)c1)c1nc(-c2cccnc2)no1. The van der Waals surface area contributed by atoms with Crippen LogP contribution in [-0.2, 0) is 10.0 Å². The van der Waals surface area contributed by atoms with Gasteiger partial charge in [0.2, 0.25) is 21.7 Å². The molecule has 0 radical (unpaired) electrons. The largest absolute Gasteiger partial charge is 0.340 e. The minimum atomic E-state index is -3.61. The number of hydrogen-bond acceptors (Lipinski definition) is 7. The molecule has 1 fully saturated rings. The molecule has 0 bridgehead atoms. The van der Waals surface area contributed by atoms with Gasteiger partial charge in [0.15, 0.2) is 0 Å². The topological polar surface area (TPSA) is 118 Å². The van der Waals surface area contributed by atoms with E-state index in [2.05, 4.69) is 20.4 Å². The second kappa shape index (κ2) is 9.17. The fourth-order valence-corrected chi connectivity index (χ4v) is 5.15. The molecule has 168 valence electrons. The van der Waals surface area contributed by atoms with E-state index in [1.165, 1.54) is 16.4 Å². The molecule has 1 atom stereocenters. The number of carbonyl (C=O) groups is 1. The number of hydrogen-bond donors (Lipinski definition) is 1. The summed E-state index contributed by atoms with van der Waals surface area (Å²) in [4.78, 5) is 21.6. The van der Waals surface area contributed by atoms with Crippen molar-refractivity contribution in [2.24, 2.45) is 5.92 Å². The molecule has 9 nitrogen and oxygen atoms in total. The van der Waals surface area contributed by atoms with Gasteiger partial charge in [-0.3, -0.25) is 9.78 Å². The highest BCUT2D eigenvalue weighted by atomic mass is 32.2. The third-order valence-electron chi connectivity index (χ3n) is 5.38. The molecule has 1 aliphatic heterocycles. The molecule has 3 aromatic rings. The number of nitrogens with one attached hydrogen (secondary N) is 1. The first-order chi connectivity index (χ1) is 15.4. The highest BCUT2D eigenvalue weighted by Gasteiger charge is 2.29. The van der Waals surface area contributed by atoms with Crippen molar-refractivity contribution in [3.05, 3.63) is 60.2 Å². The Bertz CT molecular complexity index is 1190. The van der Waals surface area contributed by atoms with E-state index in [1.807, 2.05) is 19.9 Å². The van der Waals surface area contributed by atoms with Crippen molar-refractivity contribution in [2.75, 3.05) is 13.1 Å². The lowest BCUT2D eigenvalue weighted by Crippen LogP contribution is -2.32. The molecule has 32 heavy (non-hydrogen) atoms. The van der Waals surface area contributed by atoms with Gasteiger partial charge in [-0.2, -0.15) is 9.29 Å². The fourth-order valence-electron chi connectivity index (χ4n) is 3.59. The lowest BCUT2D eigenvalue weighted by Gasteiger charge is -2.19. The average Bonchev–Trinajstić information content (AvgIpc) is 3.51. The van der Waals surface area contributed by atoms with E-state index in [0.717, 1.165) is 12.8 Å². The predicted octanol–water partition coefficient (Wildman–Crippen LogP) is 3.04. The summed E-state index contributed by atoms with van der Waals surface area (Å²) in [5, 5.41) is 6.90. The Morgan fingerprint density at radius 1 is 1.16 bits per heavy atom. The summed E-state index contributed by atoms with van der Waals surface area (Å²) in [6.07, 6.45) is 4.98. The Labute approximate surface area is 186 Å². The molecule has 1 aromatic carbocycles. The van der Waals surface area contributed by atoms with Gasteiger partial charge >= 0.3 is 0 Å². The maximum absolute atomic E-state index is 13.0. The molecule has 0 spiro atoms. The van der Waals surface area contributed by atoms with Crippen molar-refractivity contribution in [1.82, 2.24) is 24.7 Å². The quantitative estimate of drug-likeness (QED) is 0.582. The van der Waals surface area contributed by atoms with Gasteiger partial charge in [-0.1, -0.05) is 25.1 Å². The number of amides is 1. The monoisotopic (exact) mass is 455 g/mol. The third-order valence-corrected chi connectivity index (χ3v) is 7.27. The van der Waals surface area contributed by atoms with Gasteiger partial charge < -0.3 is 9.84 Å². The van der Waals surface area contributed by atoms with Crippen LogP contribution >= 0.6 is 0 Å². The zero-order valence-corrected chi connectivity index (χ0v) is 18.7. The van der Waals surface area contributed by atoms with Crippen molar-refractivity contribution in [3.8, 4) is 11.4 Å². The summed E-state index contributed by atoms with van der Waals surface area (Å²) >= 11 is 0. The number of benzene rings is 1. The van der Waals surface area contributed by atoms with Crippen LogP contribution in [0, 0.1) is 5.92 Å². The zero-order chi connectivity index (χ0) is 22.7. The van der Waals surface area contributed by atoms with E-state index in [0.29, 0.717) is 24.5 Å². The molecule has 1 amide bonds. The predicted molar refractivity (Wildman–Crippen MR) is 117 cm³/mol. The molecule has 0 aliphatic carbocycles. The molecule has 1 N–H and O–H groups in total. The summed E-state index contributed by atoms with van der Waals surface area (Å²) in [7, 11) is -3.61. The van der Waals surface area contributed by atoms with Crippen LogP contribution in [0.2, 0.25) is 0 Å². The summed E-state index contributed by atoms with van der Waals surface area (Å²) in [6, 6.07) is 9.14. The molecule has 4 rings (SSSR count). The first kappa shape index (κ1) is 22.1. The molecule has 0 saturated carbocycles. The molecule has 0 unspecified atom stereocenters. The van der Waals surface area contributed by atoms with Crippen molar-refractivity contribution in [1.29, 1.82) is 0 Å². The number of sulfonamides is 1. The van der Waals surface area contributed by atoms with Crippen molar-refractivity contribution >= 4 is 15.9 Å². The summed E-state index contributed by atoms with van der Waals surface area (Å²) in [6.45, 7) is 4.86. The lowest BCUT2D eigenvalue weighted by atomic mass is 10.0. The number of carbonyl (C=O) groups excluding carboxylic acids is 1. The maximum atomic E-state index is 13.0. The van der Waals surface area contributed by atoms with Crippen molar-refractivity contribution in [2.45, 2.75) is 37.6 Å². The highest BCUT2D eigenvalue weighted by Crippen LogP contribution is 2.25. The number of aromatic nitrogens is 3. The van der Waals surface area contributed by atoms with Crippen LogP contribution in [0.25, 0.3) is 11.4 Å². The Hall–Kier alpha value is -3.11. The summed E-state index contributed by atoms with van der Waals surface area (Å²) < 4.78 is 32.6. The maximum Gasteiger partial charge on any atom is 0.251 e. The van der Waals surface area contributed by atoms with Gasteiger partial charge in [0, 0.05) is 36.6 Å². The number of nitrogens with zero attached hydrogens (tertiary/aromatic N) is 4. The van der Waals surface area contributed by atoms with Crippen LogP contribution in [0.1, 0.15) is 49.0 Å². The molecule has 10 heteroatoms. The van der Waals surface area contributed by atoms with Crippen LogP contribution < -0.4 is 5.32 Å². The summed E-state index contributed by atoms with van der Waals surface area (Å²) in [5.74, 6) is 0.195. The Kier molecular flexibility index (Phi) is 6.33. The van der Waals surface area contributed by atoms with Gasteiger partial charge in [-0.25, -0.2) is 8.42 Å². The van der Waals surface area contributed by atoms with E-state index in [9.17, 15) is 13.2 Å². The Balaban J connectivity index is 1.55.